The van der Waals surface area contributed by atoms with E-state index in [0.717, 1.165) is 6.07 Å². The Hall–Kier alpha value is -1.65. The Morgan fingerprint density at radius 1 is 1.29 bits per heavy atom. The van der Waals surface area contributed by atoms with Gasteiger partial charge in [-0.05, 0) is 30.5 Å². The second-order valence-corrected chi connectivity index (χ2v) is 5.02. The first-order valence-electron chi connectivity index (χ1n) is 6.34. The van der Waals surface area contributed by atoms with Gasteiger partial charge in [0.05, 0.1) is 23.2 Å². The lowest BCUT2D eigenvalue weighted by molar-refractivity contribution is -0.140. The average molecular weight is 303 g/mol. The summed E-state index contributed by atoms with van der Waals surface area (Å²) in [7, 11) is 0. The van der Waals surface area contributed by atoms with E-state index in [0.29, 0.717) is 12.1 Å². The third kappa shape index (κ3) is 3.01. The molecule has 1 unspecified atom stereocenters. The number of halogens is 4. The van der Waals surface area contributed by atoms with Crippen LogP contribution >= 0.6 is 0 Å². The Morgan fingerprint density at radius 2 is 1.90 bits per heavy atom. The molecule has 0 aromatic heterocycles. The number of nitriles is 1. The van der Waals surface area contributed by atoms with Crippen LogP contribution in [0.4, 0.5) is 17.6 Å². The lowest BCUT2D eigenvalue weighted by Gasteiger charge is -2.35. The summed E-state index contributed by atoms with van der Waals surface area (Å²) in [5.41, 5.74) is -2.77. The quantitative estimate of drug-likeness (QED) is 0.854. The van der Waals surface area contributed by atoms with E-state index >= 15 is 0 Å². The molecule has 3 nitrogen and oxygen atoms in total. The van der Waals surface area contributed by atoms with E-state index in [9.17, 15) is 27.9 Å². The number of alkyl halides is 3. The van der Waals surface area contributed by atoms with Crippen molar-refractivity contribution in [2.75, 3.05) is 13.2 Å². The summed E-state index contributed by atoms with van der Waals surface area (Å²) >= 11 is 0. The van der Waals surface area contributed by atoms with E-state index in [1.165, 1.54) is 0 Å². The number of aliphatic hydroxyl groups excluding tert-OH is 1. The van der Waals surface area contributed by atoms with E-state index < -0.39 is 29.1 Å². The fourth-order valence-corrected chi connectivity index (χ4v) is 2.43. The zero-order valence-electron chi connectivity index (χ0n) is 11.0. The van der Waals surface area contributed by atoms with E-state index in [4.69, 9.17) is 4.74 Å². The standard InChI is InChI=1S/C14H13F4NO2/c15-11-2-1-9(7-10(11)14(16,17)18)12(20)13(8-19)3-5-21-6-4-13/h1-2,7,12,20H,3-6H2. The summed E-state index contributed by atoms with van der Waals surface area (Å²) in [6.07, 6.45) is -5.85. The minimum atomic E-state index is -4.85. The summed E-state index contributed by atoms with van der Waals surface area (Å²) in [5, 5.41) is 19.6. The molecule has 1 fully saturated rings. The number of ether oxygens (including phenoxy) is 1. The highest BCUT2D eigenvalue weighted by molar-refractivity contribution is 5.31. The van der Waals surface area contributed by atoms with Crippen LogP contribution in [0.1, 0.15) is 30.1 Å². The Morgan fingerprint density at radius 3 is 2.43 bits per heavy atom. The van der Waals surface area contributed by atoms with E-state index in [-0.39, 0.29) is 31.6 Å². The predicted octanol–water partition coefficient (Wildman–Crippen LogP) is 3.20. The van der Waals surface area contributed by atoms with Crippen LogP contribution in [0.2, 0.25) is 0 Å². The highest BCUT2D eigenvalue weighted by Gasteiger charge is 2.42. The molecule has 114 valence electrons. The van der Waals surface area contributed by atoms with Gasteiger partial charge in [0.15, 0.2) is 0 Å². The zero-order valence-corrected chi connectivity index (χ0v) is 11.0. The first-order valence-corrected chi connectivity index (χ1v) is 6.34. The molecule has 1 atom stereocenters. The van der Waals surface area contributed by atoms with Gasteiger partial charge >= 0.3 is 6.18 Å². The smallest absolute Gasteiger partial charge is 0.387 e. The van der Waals surface area contributed by atoms with Crippen LogP contribution in [0.15, 0.2) is 18.2 Å². The zero-order chi connectivity index (χ0) is 15.7. The SMILES string of the molecule is N#CC1(C(O)c2ccc(F)c(C(F)(F)F)c2)CCOCC1. The van der Waals surface area contributed by atoms with Crippen LogP contribution in [0, 0.1) is 22.6 Å². The second kappa shape index (κ2) is 5.62. The van der Waals surface area contributed by atoms with Gasteiger partial charge < -0.3 is 9.84 Å². The van der Waals surface area contributed by atoms with Crippen molar-refractivity contribution in [2.24, 2.45) is 5.41 Å². The van der Waals surface area contributed by atoms with E-state index in [1.807, 2.05) is 6.07 Å². The lowest BCUT2D eigenvalue weighted by atomic mass is 9.74. The van der Waals surface area contributed by atoms with Gasteiger partial charge in [0.2, 0.25) is 0 Å². The normalized spacial score (nSPS) is 19.8. The maximum absolute atomic E-state index is 13.3. The fraction of sp³-hybridized carbons (Fsp3) is 0.500. The molecule has 0 saturated carbocycles. The molecular formula is C14H13F4NO2. The third-order valence-electron chi connectivity index (χ3n) is 3.74. The van der Waals surface area contributed by atoms with Crippen LogP contribution in [-0.4, -0.2) is 18.3 Å². The monoisotopic (exact) mass is 303 g/mol. The molecule has 1 aromatic rings. The molecule has 0 bridgehead atoms. The summed E-state index contributed by atoms with van der Waals surface area (Å²) in [4.78, 5) is 0. The number of rotatable bonds is 2. The maximum Gasteiger partial charge on any atom is 0.419 e. The number of aliphatic hydroxyl groups is 1. The van der Waals surface area contributed by atoms with E-state index in [2.05, 4.69) is 0 Å². The Bertz CT molecular complexity index is 559. The molecule has 0 radical (unpaired) electrons. The van der Waals surface area contributed by atoms with Crippen LogP contribution in [-0.2, 0) is 10.9 Å². The van der Waals surface area contributed by atoms with Gasteiger partial charge in [0.1, 0.15) is 5.82 Å². The van der Waals surface area contributed by atoms with Gasteiger partial charge in [0, 0.05) is 13.2 Å². The Balaban J connectivity index is 2.39. The molecule has 1 aliphatic heterocycles. The van der Waals surface area contributed by atoms with Crippen molar-refractivity contribution in [3.63, 3.8) is 0 Å². The molecule has 1 saturated heterocycles. The van der Waals surface area contributed by atoms with E-state index in [1.54, 1.807) is 0 Å². The van der Waals surface area contributed by atoms with Crippen LogP contribution in [0.25, 0.3) is 0 Å². The lowest BCUT2D eigenvalue weighted by Crippen LogP contribution is -2.34. The summed E-state index contributed by atoms with van der Waals surface area (Å²) in [6, 6.07) is 4.28. The van der Waals surface area contributed by atoms with Crippen molar-refractivity contribution in [1.29, 1.82) is 5.26 Å². The predicted molar refractivity (Wildman–Crippen MR) is 64.5 cm³/mol. The molecule has 1 heterocycles. The van der Waals surface area contributed by atoms with Crippen molar-refractivity contribution in [3.05, 3.63) is 35.1 Å². The molecular weight excluding hydrogens is 290 g/mol. The van der Waals surface area contributed by atoms with Crippen molar-refractivity contribution in [2.45, 2.75) is 25.1 Å². The highest BCUT2D eigenvalue weighted by atomic mass is 19.4. The molecule has 1 aromatic carbocycles. The minimum absolute atomic E-state index is 0.118. The van der Waals surface area contributed by atoms with Crippen molar-refractivity contribution < 1.29 is 27.4 Å². The van der Waals surface area contributed by atoms with Gasteiger partial charge in [0.25, 0.3) is 0 Å². The van der Waals surface area contributed by atoms with Crippen molar-refractivity contribution >= 4 is 0 Å². The van der Waals surface area contributed by atoms with Crippen LogP contribution in [0.5, 0.6) is 0 Å². The number of benzene rings is 1. The third-order valence-corrected chi connectivity index (χ3v) is 3.74. The van der Waals surface area contributed by atoms with Crippen molar-refractivity contribution in [1.82, 2.24) is 0 Å². The van der Waals surface area contributed by atoms with Gasteiger partial charge in [-0.15, -0.1) is 0 Å². The first-order chi connectivity index (χ1) is 9.80. The summed E-state index contributed by atoms with van der Waals surface area (Å²) in [5.74, 6) is -1.41. The topological polar surface area (TPSA) is 53.2 Å². The van der Waals surface area contributed by atoms with Crippen LogP contribution < -0.4 is 0 Å². The van der Waals surface area contributed by atoms with Gasteiger partial charge in [-0.25, -0.2) is 4.39 Å². The second-order valence-electron chi connectivity index (χ2n) is 5.02. The number of nitrogens with zero attached hydrogens (tertiary/aromatic N) is 1. The summed E-state index contributed by atoms with van der Waals surface area (Å²) in [6.45, 7) is 0.496. The van der Waals surface area contributed by atoms with Gasteiger partial charge in [-0.3, -0.25) is 0 Å². The molecule has 0 aliphatic carbocycles. The molecule has 1 aliphatic rings. The molecule has 21 heavy (non-hydrogen) atoms. The number of hydrogen-bond acceptors (Lipinski definition) is 3. The molecule has 1 N–H and O–H groups in total. The molecule has 0 spiro atoms. The maximum atomic E-state index is 13.3. The Kier molecular flexibility index (Phi) is 4.21. The fourth-order valence-electron chi connectivity index (χ4n) is 2.43. The first kappa shape index (κ1) is 15.7. The highest BCUT2D eigenvalue weighted by Crippen LogP contribution is 2.43. The molecule has 0 amide bonds. The van der Waals surface area contributed by atoms with Crippen LogP contribution in [0.3, 0.4) is 0 Å². The largest absolute Gasteiger partial charge is 0.419 e. The number of hydrogen-bond donors (Lipinski definition) is 1. The van der Waals surface area contributed by atoms with Gasteiger partial charge in [-0.2, -0.15) is 18.4 Å². The molecule has 7 heteroatoms. The Labute approximate surface area is 118 Å². The van der Waals surface area contributed by atoms with Crippen molar-refractivity contribution in [3.8, 4) is 6.07 Å². The summed E-state index contributed by atoms with van der Waals surface area (Å²) < 4.78 is 56.5. The minimum Gasteiger partial charge on any atom is -0.387 e. The average Bonchev–Trinajstić information content (AvgIpc) is 2.46. The molecule has 2 rings (SSSR count). The van der Waals surface area contributed by atoms with Gasteiger partial charge in [-0.1, -0.05) is 6.07 Å².